The molecule has 25 heavy (non-hydrogen) atoms. The number of aliphatic hydroxyl groups excluding tert-OH is 2. The standard InChI is InChI=1S/C14H24N4O7/c1-7(20)11(14(24)25)17-10(21)5-16-12(22)9-3-2-4-18(9)13(23)8(15)6-19/h7-9,11,19-20H,2-6,15H2,1H3,(H,16,22)(H,17,21)(H,24,25)/t7-,8+,9+,11+/m1/s1. The number of aliphatic carboxylic acids is 1. The molecular weight excluding hydrogens is 336 g/mol. The molecule has 11 nitrogen and oxygen atoms in total. The van der Waals surface area contributed by atoms with E-state index in [0.29, 0.717) is 19.4 Å². The van der Waals surface area contributed by atoms with Gasteiger partial charge in [0.2, 0.25) is 17.7 Å². The first kappa shape index (κ1) is 20.8. The van der Waals surface area contributed by atoms with E-state index in [1.54, 1.807) is 0 Å². The molecule has 0 unspecified atom stereocenters. The van der Waals surface area contributed by atoms with Gasteiger partial charge in [0.05, 0.1) is 19.3 Å². The van der Waals surface area contributed by atoms with Gasteiger partial charge in [-0.3, -0.25) is 14.4 Å². The number of nitrogens with one attached hydrogen (secondary N) is 2. The zero-order valence-electron chi connectivity index (χ0n) is 13.8. The minimum atomic E-state index is -1.49. The summed E-state index contributed by atoms with van der Waals surface area (Å²) in [7, 11) is 0. The highest BCUT2D eigenvalue weighted by molar-refractivity contribution is 5.93. The molecule has 4 atom stereocenters. The van der Waals surface area contributed by atoms with Crippen molar-refractivity contribution in [2.75, 3.05) is 19.7 Å². The van der Waals surface area contributed by atoms with Crippen LogP contribution in [-0.2, 0) is 19.2 Å². The van der Waals surface area contributed by atoms with Crippen molar-refractivity contribution in [3.63, 3.8) is 0 Å². The summed E-state index contributed by atoms with van der Waals surface area (Å²) in [5, 5.41) is 31.5. The van der Waals surface area contributed by atoms with E-state index in [9.17, 15) is 24.3 Å². The van der Waals surface area contributed by atoms with Crippen LogP contribution in [0, 0.1) is 0 Å². The molecule has 0 saturated carbocycles. The summed E-state index contributed by atoms with van der Waals surface area (Å²) >= 11 is 0. The van der Waals surface area contributed by atoms with Gasteiger partial charge >= 0.3 is 5.97 Å². The molecule has 1 saturated heterocycles. The molecule has 1 aliphatic rings. The van der Waals surface area contributed by atoms with Crippen LogP contribution in [0.15, 0.2) is 0 Å². The smallest absolute Gasteiger partial charge is 0.328 e. The first-order chi connectivity index (χ1) is 11.7. The summed E-state index contributed by atoms with van der Waals surface area (Å²) in [6.45, 7) is 0.492. The van der Waals surface area contributed by atoms with Crippen LogP contribution in [0.1, 0.15) is 19.8 Å². The molecule has 0 aliphatic carbocycles. The predicted octanol–water partition coefficient (Wildman–Crippen LogP) is -3.64. The van der Waals surface area contributed by atoms with Gasteiger partial charge in [-0.05, 0) is 19.8 Å². The second-order valence-electron chi connectivity index (χ2n) is 5.82. The van der Waals surface area contributed by atoms with E-state index in [4.69, 9.17) is 15.9 Å². The van der Waals surface area contributed by atoms with Crippen LogP contribution in [0.25, 0.3) is 0 Å². The normalized spacial score (nSPS) is 20.5. The van der Waals surface area contributed by atoms with Gasteiger partial charge in [0, 0.05) is 6.54 Å². The highest BCUT2D eigenvalue weighted by Crippen LogP contribution is 2.18. The zero-order valence-corrected chi connectivity index (χ0v) is 13.8. The SMILES string of the molecule is C[C@@H](O)[C@H](NC(=O)CNC(=O)[C@@H]1CCCN1C(=O)[C@@H](N)CO)C(=O)O. The summed E-state index contributed by atoms with van der Waals surface area (Å²) < 4.78 is 0. The quantitative estimate of drug-likeness (QED) is 0.256. The van der Waals surface area contributed by atoms with E-state index >= 15 is 0 Å². The third kappa shape index (κ3) is 5.66. The van der Waals surface area contributed by atoms with Crippen molar-refractivity contribution < 1.29 is 34.5 Å². The number of carbonyl (C=O) groups is 4. The monoisotopic (exact) mass is 360 g/mol. The van der Waals surface area contributed by atoms with E-state index in [0.717, 1.165) is 0 Å². The molecule has 0 spiro atoms. The lowest BCUT2D eigenvalue weighted by molar-refractivity contribution is -0.145. The highest BCUT2D eigenvalue weighted by atomic mass is 16.4. The molecule has 0 aromatic carbocycles. The summed E-state index contributed by atoms with van der Waals surface area (Å²) in [6, 6.07) is -3.40. The lowest BCUT2D eigenvalue weighted by Crippen LogP contribution is -2.54. The number of hydrogen-bond acceptors (Lipinski definition) is 7. The molecule has 0 aromatic heterocycles. The van der Waals surface area contributed by atoms with Gasteiger partial charge in [-0.25, -0.2) is 4.79 Å². The fraction of sp³-hybridized carbons (Fsp3) is 0.714. The van der Waals surface area contributed by atoms with Crippen LogP contribution < -0.4 is 16.4 Å². The molecule has 0 radical (unpaired) electrons. The Balaban J connectivity index is 2.56. The first-order valence-electron chi connectivity index (χ1n) is 7.83. The van der Waals surface area contributed by atoms with Crippen molar-refractivity contribution in [3.8, 4) is 0 Å². The van der Waals surface area contributed by atoms with Crippen molar-refractivity contribution in [1.29, 1.82) is 0 Å². The van der Waals surface area contributed by atoms with E-state index in [2.05, 4.69) is 10.6 Å². The second kappa shape index (κ2) is 9.30. The van der Waals surface area contributed by atoms with Gasteiger partial charge in [0.1, 0.15) is 12.1 Å². The Bertz CT molecular complexity index is 525. The average molecular weight is 360 g/mol. The maximum Gasteiger partial charge on any atom is 0.328 e. The molecule has 1 heterocycles. The Morgan fingerprint density at radius 1 is 1.32 bits per heavy atom. The Hall–Kier alpha value is -2.24. The van der Waals surface area contributed by atoms with Crippen molar-refractivity contribution >= 4 is 23.7 Å². The lowest BCUT2D eigenvalue weighted by atomic mass is 10.2. The highest BCUT2D eigenvalue weighted by Gasteiger charge is 2.36. The molecular formula is C14H24N4O7. The van der Waals surface area contributed by atoms with Crippen LogP contribution in [0.3, 0.4) is 0 Å². The van der Waals surface area contributed by atoms with E-state index in [1.807, 2.05) is 0 Å². The largest absolute Gasteiger partial charge is 0.480 e. The second-order valence-corrected chi connectivity index (χ2v) is 5.82. The molecule has 0 bridgehead atoms. The van der Waals surface area contributed by atoms with Gasteiger partial charge in [-0.1, -0.05) is 0 Å². The third-order valence-corrected chi connectivity index (χ3v) is 3.84. The minimum absolute atomic E-state index is 0.319. The van der Waals surface area contributed by atoms with Crippen LogP contribution in [0.2, 0.25) is 0 Å². The number of carboxylic acids is 1. The molecule has 1 aliphatic heterocycles. The van der Waals surface area contributed by atoms with Crippen molar-refractivity contribution in [1.82, 2.24) is 15.5 Å². The number of carbonyl (C=O) groups excluding carboxylic acids is 3. The average Bonchev–Trinajstić information content (AvgIpc) is 3.05. The summed E-state index contributed by atoms with van der Waals surface area (Å²) in [5.41, 5.74) is 5.48. The van der Waals surface area contributed by atoms with Crippen LogP contribution >= 0.6 is 0 Å². The predicted molar refractivity (Wildman–Crippen MR) is 84.1 cm³/mol. The number of aliphatic hydroxyl groups is 2. The van der Waals surface area contributed by atoms with Crippen molar-refractivity contribution in [3.05, 3.63) is 0 Å². The van der Waals surface area contributed by atoms with Gasteiger partial charge in [-0.2, -0.15) is 0 Å². The molecule has 11 heteroatoms. The molecule has 1 rings (SSSR count). The fourth-order valence-electron chi connectivity index (χ4n) is 2.49. The van der Waals surface area contributed by atoms with Crippen LogP contribution in [-0.4, -0.2) is 87.8 Å². The van der Waals surface area contributed by atoms with Gasteiger partial charge in [-0.15, -0.1) is 0 Å². The molecule has 142 valence electrons. The van der Waals surface area contributed by atoms with E-state index < -0.39 is 61.1 Å². The molecule has 7 N–H and O–H groups in total. The van der Waals surface area contributed by atoms with Gasteiger partial charge in [0.25, 0.3) is 0 Å². The van der Waals surface area contributed by atoms with Crippen LogP contribution in [0.4, 0.5) is 0 Å². The van der Waals surface area contributed by atoms with Crippen LogP contribution in [0.5, 0.6) is 0 Å². The number of rotatable bonds is 8. The first-order valence-corrected chi connectivity index (χ1v) is 7.83. The topological polar surface area (TPSA) is 182 Å². The number of amides is 3. The Kier molecular flexibility index (Phi) is 7.74. The molecule has 0 aromatic rings. The number of nitrogens with two attached hydrogens (primary N) is 1. The maximum absolute atomic E-state index is 12.2. The summed E-state index contributed by atoms with van der Waals surface area (Å²) in [6.07, 6.45) is -0.333. The number of carboxylic acid groups (broad SMARTS) is 1. The van der Waals surface area contributed by atoms with Crippen molar-refractivity contribution in [2.45, 2.75) is 44.0 Å². The Morgan fingerprint density at radius 3 is 2.48 bits per heavy atom. The Labute approximate surface area is 144 Å². The molecule has 1 fully saturated rings. The number of nitrogens with zero attached hydrogens (tertiary/aromatic N) is 1. The lowest BCUT2D eigenvalue weighted by Gasteiger charge is -2.26. The van der Waals surface area contributed by atoms with E-state index in [-0.39, 0.29) is 0 Å². The Morgan fingerprint density at radius 2 is 1.96 bits per heavy atom. The third-order valence-electron chi connectivity index (χ3n) is 3.84. The van der Waals surface area contributed by atoms with Crippen molar-refractivity contribution in [2.24, 2.45) is 5.73 Å². The van der Waals surface area contributed by atoms with Gasteiger partial charge < -0.3 is 36.6 Å². The number of likely N-dealkylation sites (tertiary alicyclic amines) is 1. The fourth-order valence-corrected chi connectivity index (χ4v) is 2.49. The zero-order chi connectivity index (χ0) is 19.1. The number of hydrogen-bond donors (Lipinski definition) is 6. The summed E-state index contributed by atoms with van der Waals surface area (Å²) in [4.78, 5) is 48.1. The van der Waals surface area contributed by atoms with Gasteiger partial charge in [0.15, 0.2) is 6.04 Å². The van der Waals surface area contributed by atoms with E-state index in [1.165, 1.54) is 11.8 Å². The summed E-state index contributed by atoms with van der Waals surface area (Å²) in [5.74, 6) is -3.32. The minimum Gasteiger partial charge on any atom is -0.480 e. The molecule has 3 amide bonds. The maximum atomic E-state index is 12.2.